The Morgan fingerprint density at radius 1 is 1.12 bits per heavy atom. The summed E-state index contributed by atoms with van der Waals surface area (Å²) in [5.74, 6) is -0.984. The number of hydrogen-bond donors (Lipinski definition) is 1. The first-order chi connectivity index (χ1) is 12.5. The molecule has 0 saturated heterocycles. The molecule has 0 radical (unpaired) electrons. The Morgan fingerprint density at radius 2 is 1.88 bits per heavy atom. The zero-order valence-corrected chi connectivity index (χ0v) is 14.1. The molecule has 0 fully saturated rings. The standard InChI is InChI=1S/C19H17FN2O4/c1-12(23)21-7-8-22-18(24)16-6-5-15(10-17(16)19(22)25)26-11-13-3-2-4-14(20)9-13/h2-6,9-10H,7-8,11H2,1H3,(H,21,23). The van der Waals surface area contributed by atoms with Gasteiger partial charge in [0.1, 0.15) is 18.2 Å². The predicted octanol–water partition coefficient (Wildman–Crippen LogP) is 2.14. The fraction of sp³-hybridized carbons (Fsp3) is 0.211. The van der Waals surface area contributed by atoms with Crippen molar-refractivity contribution >= 4 is 17.7 Å². The molecular weight excluding hydrogens is 339 g/mol. The summed E-state index contributed by atoms with van der Waals surface area (Å²) in [6.45, 7) is 1.81. The van der Waals surface area contributed by atoms with Gasteiger partial charge in [-0.3, -0.25) is 19.3 Å². The second-order valence-corrected chi connectivity index (χ2v) is 5.87. The molecule has 7 heteroatoms. The molecule has 134 valence electrons. The van der Waals surface area contributed by atoms with Crippen molar-refractivity contribution in [1.29, 1.82) is 0 Å². The largest absolute Gasteiger partial charge is 0.489 e. The maximum Gasteiger partial charge on any atom is 0.261 e. The van der Waals surface area contributed by atoms with Crippen LogP contribution in [0.2, 0.25) is 0 Å². The van der Waals surface area contributed by atoms with Crippen molar-refractivity contribution in [3.63, 3.8) is 0 Å². The average Bonchev–Trinajstić information content (AvgIpc) is 2.84. The van der Waals surface area contributed by atoms with Crippen LogP contribution in [0.1, 0.15) is 33.2 Å². The van der Waals surface area contributed by atoms with Crippen LogP contribution in [0, 0.1) is 5.82 Å². The molecule has 1 aliphatic rings. The molecule has 26 heavy (non-hydrogen) atoms. The molecule has 1 N–H and O–H groups in total. The van der Waals surface area contributed by atoms with Crippen molar-refractivity contribution in [2.45, 2.75) is 13.5 Å². The topological polar surface area (TPSA) is 75.7 Å². The lowest BCUT2D eigenvalue weighted by molar-refractivity contribution is -0.119. The minimum atomic E-state index is -0.424. The van der Waals surface area contributed by atoms with Crippen molar-refractivity contribution in [3.8, 4) is 5.75 Å². The zero-order valence-electron chi connectivity index (χ0n) is 14.1. The summed E-state index contributed by atoms with van der Waals surface area (Å²) >= 11 is 0. The highest BCUT2D eigenvalue weighted by molar-refractivity contribution is 6.21. The van der Waals surface area contributed by atoms with Crippen molar-refractivity contribution in [2.24, 2.45) is 0 Å². The lowest BCUT2D eigenvalue weighted by atomic mass is 10.1. The number of ether oxygens (including phenoxy) is 1. The van der Waals surface area contributed by atoms with E-state index in [1.807, 2.05) is 0 Å². The molecule has 1 aliphatic heterocycles. The number of nitrogens with one attached hydrogen (secondary N) is 1. The van der Waals surface area contributed by atoms with Gasteiger partial charge in [-0.1, -0.05) is 12.1 Å². The van der Waals surface area contributed by atoms with E-state index in [-0.39, 0.29) is 37.0 Å². The Hall–Kier alpha value is -3.22. The number of benzene rings is 2. The van der Waals surface area contributed by atoms with Crippen LogP contribution in [0.3, 0.4) is 0 Å². The van der Waals surface area contributed by atoms with Crippen LogP contribution in [0.5, 0.6) is 5.75 Å². The number of hydrogen-bond acceptors (Lipinski definition) is 4. The molecule has 3 rings (SSSR count). The number of nitrogens with zero attached hydrogens (tertiary/aromatic N) is 1. The van der Waals surface area contributed by atoms with E-state index in [0.29, 0.717) is 16.9 Å². The van der Waals surface area contributed by atoms with Crippen LogP contribution in [-0.4, -0.2) is 35.7 Å². The van der Waals surface area contributed by atoms with Crippen LogP contribution >= 0.6 is 0 Å². The molecule has 0 aromatic heterocycles. The van der Waals surface area contributed by atoms with Gasteiger partial charge in [0, 0.05) is 20.0 Å². The third kappa shape index (κ3) is 3.72. The van der Waals surface area contributed by atoms with Gasteiger partial charge in [-0.15, -0.1) is 0 Å². The van der Waals surface area contributed by atoms with Crippen LogP contribution in [0.15, 0.2) is 42.5 Å². The van der Waals surface area contributed by atoms with Crippen molar-refractivity contribution in [1.82, 2.24) is 10.2 Å². The van der Waals surface area contributed by atoms with Gasteiger partial charge >= 0.3 is 0 Å². The first kappa shape index (κ1) is 17.6. The van der Waals surface area contributed by atoms with E-state index >= 15 is 0 Å². The molecule has 6 nitrogen and oxygen atoms in total. The third-order valence-corrected chi connectivity index (χ3v) is 3.95. The number of carbonyl (C=O) groups is 3. The molecule has 0 saturated carbocycles. The van der Waals surface area contributed by atoms with E-state index in [0.717, 1.165) is 4.90 Å². The van der Waals surface area contributed by atoms with Gasteiger partial charge < -0.3 is 10.1 Å². The maximum atomic E-state index is 13.2. The lowest BCUT2D eigenvalue weighted by Gasteiger charge is -2.13. The van der Waals surface area contributed by atoms with Gasteiger partial charge in [-0.05, 0) is 35.9 Å². The fourth-order valence-electron chi connectivity index (χ4n) is 2.70. The Labute approximate surface area is 149 Å². The summed E-state index contributed by atoms with van der Waals surface area (Å²) in [6.07, 6.45) is 0. The van der Waals surface area contributed by atoms with Gasteiger partial charge in [0.25, 0.3) is 11.8 Å². The van der Waals surface area contributed by atoms with E-state index in [4.69, 9.17) is 4.74 Å². The molecule has 3 amide bonds. The zero-order chi connectivity index (χ0) is 18.7. The minimum absolute atomic E-state index is 0.103. The summed E-state index contributed by atoms with van der Waals surface area (Å²) < 4.78 is 18.8. The number of fused-ring (bicyclic) bond motifs is 1. The normalized spacial score (nSPS) is 12.9. The monoisotopic (exact) mass is 356 g/mol. The molecular formula is C19H17FN2O4. The van der Waals surface area contributed by atoms with Crippen LogP contribution in [0.4, 0.5) is 4.39 Å². The van der Waals surface area contributed by atoms with Crippen molar-refractivity contribution < 1.29 is 23.5 Å². The van der Waals surface area contributed by atoms with Crippen LogP contribution in [0.25, 0.3) is 0 Å². The fourth-order valence-corrected chi connectivity index (χ4v) is 2.70. The van der Waals surface area contributed by atoms with E-state index < -0.39 is 11.8 Å². The second-order valence-electron chi connectivity index (χ2n) is 5.87. The minimum Gasteiger partial charge on any atom is -0.489 e. The number of imide groups is 1. The number of halogens is 1. The average molecular weight is 356 g/mol. The molecule has 0 unspecified atom stereocenters. The summed E-state index contributed by atoms with van der Waals surface area (Å²) in [4.78, 5) is 36.8. The van der Waals surface area contributed by atoms with Crippen LogP contribution in [-0.2, 0) is 11.4 Å². The lowest BCUT2D eigenvalue weighted by Crippen LogP contribution is -2.37. The van der Waals surface area contributed by atoms with Gasteiger partial charge in [0.15, 0.2) is 0 Å². The van der Waals surface area contributed by atoms with E-state index in [1.54, 1.807) is 18.2 Å². The van der Waals surface area contributed by atoms with E-state index in [1.165, 1.54) is 31.2 Å². The van der Waals surface area contributed by atoms with Gasteiger partial charge in [-0.25, -0.2) is 4.39 Å². The highest BCUT2D eigenvalue weighted by atomic mass is 19.1. The molecule has 0 aliphatic carbocycles. The summed E-state index contributed by atoms with van der Waals surface area (Å²) in [7, 11) is 0. The Bertz CT molecular complexity index is 882. The molecule has 2 aromatic carbocycles. The van der Waals surface area contributed by atoms with Gasteiger partial charge in [0.2, 0.25) is 5.91 Å². The van der Waals surface area contributed by atoms with Crippen molar-refractivity contribution in [3.05, 3.63) is 65.0 Å². The molecule has 2 aromatic rings. The summed E-state index contributed by atoms with van der Waals surface area (Å²) in [6, 6.07) is 10.7. The second kappa shape index (κ2) is 7.35. The molecule has 1 heterocycles. The Kier molecular flexibility index (Phi) is 4.97. The van der Waals surface area contributed by atoms with Gasteiger partial charge in [-0.2, -0.15) is 0 Å². The smallest absolute Gasteiger partial charge is 0.261 e. The van der Waals surface area contributed by atoms with Crippen molar-refractivity contribution in [2.75, 3.05) is 13.1 Å². The molecule has 0 bridgehead atoms. The first-order valence-electron chi connectivity index (χ1n) is 8.07. The quantitative estimate of drug-likeness (QED) is 0.805. The van der Waals surface area contributed by atoms with Crippen LogP contribution < -0.4 is 10.1 Å². The summed E-state index contributed by atoms with van der Waals surface area (Å²) in [5.41, 5.74) is 1.22. The van der Waals surface area contributed by atoms with E-state index in [2.05, 4.69) is 5.32 Å². The SMILES string of the molecule is CC(=O)NCCN1C(=O)c2ccc(OCc3cccc(F)c3)cc2C1=O. The maximum absolute atomic E-state index is 13.2. The number of amides is 3. The van der Waals surface area contributed by atoms with E-state index in [9.17, 15) is 18.8 Å². The van der Waals surface area contributed by atoms with Gasteiger partial charge in [0.05, 0.1) is 11.1 Å². The number of rotatable bonds is 6. The highest BCUT2D eigenvalue weighted by Gasteiger charge is 2.35. The summed E-state index contributed by atoms with van der Waals surface area (Å²) in [5, 5.41) is 2.55. The Morgan fingerprint density at radius 3 is 2.62 bits per heavy atom. The number of carbonyl (C=O) groups excluding carboxylic acids is 3. The Balaban J connectivity index is 1.69. The highest BCUT2D eigenvalue weighted by Crippen LogP contribution is 2.27. The molecule has 0 spiro atoms. The third-order valence-electron chi connectivity index (χ3n) is 3.95. The predicted molar refractivity (Wildman–Crippen MR) is 91.2 cm³/mol. The first-order valence-corrected chi connectivity index (χ1v) is 8.07. The molecule has 0 atom stereocenters.